The van der Waals surface area contributed by atoms with Crippen LogP contribution in [0.4, 0.5) is 5.69 Å². The molecule has 0 bridgehead atoms. The van der Waals surface area contributed by atoms with E-state index in [1.807, 2.05) is 30.3 Å². The molecule has 1 saturated heterocycles. The molecule has 0 aliphatic carbocycles. The molecule has 1 fully saturated rings. The van der Waals surface area contributed by atoms with Gasteiger partial charge in [-0.1, -0.05) is 30.3 Å². The van der Waals surface area contributed by atoms with E-state index in [1.165, 1.54) is 24.8 Å². The fourth-order valence-electron chi connectivity index (χ4n) is 5.51. The molecule has 254 valence electrons. The van der Waals surface area contributed by atoms with Crippen molar-refractivity contribution < 1.29 is 38.3 Å². The molecule has 1 aromatic heterocycles. The van der Waals surface area contributed by atoms with E-state index in [9.17, 15) is 33.6 Å². The van der Waals surface area contributed by atoms with E-state index < -0.39 is 65.3 Å². The first-order chi connectivity index (χ1) is 22.8. The summed E-state index contributed by atoms with van der Waals surface area (Å²) in [6.07, 6.45) is 0.345. The van der Waals surface area contributed by atoms with Gasteiger partial charge in [-0.05, 0) is 56.9 Å². The molecule has 14 heteroatoms. The SMILES string of the molecule is Cc1cc(=O)oc2cc(NC(=O)[C@H](Cc3ccccc3)NC(=O)[C@@H]3CCCN3C(=O)[C@@H](C)NC(=O)[C@H](C)NC(=O)CCC(=O)O)ccc12. The Morgan fingerprint density at radius 3 is 2.35 bits per heavy atom. The minimum Gasteiger partial charge on any atom is -0.481 e. The quantitative estimate of drug-likeness (QED) is 0.169. The zero-order chi connectivity index (χ0) is 35.0. The van der Waals surface area contributed by atoms with Gasteiger partial charge in [-0.2, -0.15) is 0 Å². The summed E-state index contributed by atoms with van der Waals surface area (Å²) in [5.41, 5.74) is 1.67. The number of aliphatic carboxylic acids is 1. The highest BCUT2D eigenvalue weighted by Crippen LogP contribution is 2.22. The second-order valence-electron chi connectivity index (χ2n) is 11.8. The van der Waals surface area contributed by atoms with E-state index in [4.69, 9.17) is 9.52 Å². The van der Waals surface area contributed by atoms with Gasteiger partial charge in [0, 0.05) is 42.6 Å². The van der Waals surface area contributed by atoms with Crippen LogP contribution in [0.1, 0.15) is 50.7 Å². The summed E-state index contributed by atoms with van der Waals surface area (Å²) in [5, 5.41) is 20.0. The van der Waals surface area contributed by atoms with Crippen molar-refractivity contribution in [3.8, 4) is 0 Å². The summed E-state index contributed by atoms with van der Waals surface area (Å²) < 4.78 is 5.30. The predicted molar refractivity (Wildman–Crippen MR) is 175 cm³/mol. The summed E-state index contributed by atoms with van der Waals surface area (Å²) in [6, 6.07) is 11.4. The van der Waals surface area contributed by atoms with E-state index in [-0.39, 0.29) is 25.8 Å². The molecule has 0 saturated carbocycles. The van der Waals surface area contributed by atoms with Gasteiger partial charge in [-0.25, -0.2) is 4.79 Å². The van der Waals surface area contributed by atoms with Crippen molar-refractivity contribution in [2.75, 3.05) is 11.9 Å². The molecule has 4 atom stereocenters. The Balaban J connectivity index is 1.43. The Morgan fingerprint density at radius 2 is 1.65 bits per heavy atom. The first-order valence-electron chi connectivity index (χ1n) is 15.6. The third-order valence-electron chi connectivity index (χ3n) is 8.04. The standard InChI is InChI=1S/C34H39N5O9/c1-19-16-30(43)48-27-18-23(11-12-24(19)27)37-32(45)25(17-22-8-5-4-6-9-22)38-33(46)26-10-7-15-39(26)34(47)21(3)36-31(44)20(2)35-28(40)13-14-29(41)42/h4-6,8-9,11-12,16,18,20-21,25-26H,7,10,13-15,17H2,1-3H3,(H,35,40)(H,36,44)(H,37,45)(H,38,46)(H,41,42)/t20-,21+,25-,26-/m0/s1. The fourth-order valence-corrected chi connectivity index (χ4v) is 5.51. The van der Waals surface area contributed by atoms with Crippen LogP contribution in [-0.4, -0.2) is 76.2 Å². The van der Waals surface area contributed by atoms with Crippen molar-refractivity contribution in [1.29, 1.82) is 0 Å². The lowest BCUT2D eigenvalue weighted by atomic mass is 10.0. The highest BCUT2D eigenvalue weighted by atomic mass is 16.4. The molecule has 3 aromatic rings. The Hall–Kier alpha value is -5.53. The van der Waals surface area contributed by atoms with Gasteiger partial charge < -0.3 is 35.7 Å². The van der Waals surface area contributed by atoms with Crippen LogP contribution >= 0.6 is 0 Å². The van der Waals surface area contributed by atoms with Gasteiger partial charge in [0.25, 0.3) is 0 Å². The number of likely N-dealkylation sites (tertiary alicyclic amines) is 1. The maximum absolute atomic E-state index is 13.6. The largest absolute Gasteiger partial charge is 0.481 e. The summed E-state index contributed by atoms with van der Waals surface area (Å²) >= 11 is 0. The van der Waals surface area contributed by atoms with Gasteiger partial charge in [0.2, 0.25) is 29.5 Å². The van der Waals surface area contributed by atoms with E-state index in [0.29, 0.717) is 29.5 Å². The molecular formula is C34H39N5O9. The summed E-state index contributed by atoms with van der Waals surface area (Å²) in [4.78, 5) is 89.1. The number of nitrogens with one attached hydrogen (secondary N) is 4. The lowest BCUT2D eigenvalue weighted by Crippen LogP contribution is -2.56. The normalized spacial score (nSPS) is 16.0. The minimum atomic E-state index is -1.14. The summed E-state index contributed by atoms with van der Waals surface area (Å²) in [6.45, 7) is 4.91. The second-order valence-corrected chi connectivity index (χ2v) is 11.8. The van der Waals surface area contributed by atoms with Gasteiger partial charge in [0.05, 0.1) is 6.42 Å². The summed E-state index contributed by atoms with van der Waals surface area (Å²) in [5.74, 6) is -3.97. The van der Waals surface area contributed by atoms with Crippen molar-refractivity contribution >= 4 is 52.2 Å². The number of carboxylic acid groups (broad SMARTS) is 1. The number of hydrogen-bond donors (Lipinski definition) is 5. The van der Waals surface area contributed by atoms with Crippen LogP contribution in [0.2, 0.25) is 0 Å². The first-order valence-corrected chi connectivity index (χ1v) is 15.6. The molecule has 1 aliphatic heterocycles. The van der Waals surface area contributed by atoms with Gasteiger partial charge in [0.15, 0.2) is 0 Å². The smallest absolute Gasteiger partial charge is 0.336 e. The van der Waals surface area contributed by atoms with Crippen LogP contribution in [0.25, 0.3) is 11.0 Å². The minimum absolute atomic E-state index is 0.156. The topological polar surface area (TPSA) is 204 Å². The average Bonchev–Trinajstić information content (AvgIpc) is 3.53. The number of carbonyl (C=O) groups excluding carboxylic acids is 5. The number of nitrogens with zero attached hydrogens (tertiary/aromatic N) is 1. The van der Waals surface area contributed by atoms with Gasteiger partial charge in [0.1, 0.15) is 29.8 Å². The summed E-state index contributed by atoms with van der Waals surface area (Å²) in [7, 11) is 0. The van der Waals surface area contributed by atoms with Crippen LogP contribution < -0.4 is 26.9 Å². The molecule has 0 spiro atoms. The van der Waals surface area contributed by atoms with E-state index >= 15 is 0 Å². The molecule has 14 nitrogen and oxygen atoms in total. The second kappa shape index (κ2) is 15.8. The maximum Gasteiger partial charge on any atom is 0.336 e. The molecule has 5 N–H and O–H groups in total. The molecule has 2 heterocycles. The highest BCUT2D eigenvalue weighted by molar-refractivity contribution is 6.00. The Kier molecular flexibility index (Phi) is 11.7. The number of hydrogen-bond acceptors (Lipinski definition) is 8. The van der Waals surface area contributed by atoms with Gasteiger partial charge in [-0.3, -0.25) is 28.8 Å². The third-order valence-corrected chi connectivity index (χ3v) is 8.04. The molecule has 0 radical (unpaired) electrons. The number of fused-ring (bicyclic) bond motifs is 1. The monoisotopic (exact) mass is 661 g/mol. The van der Waals surface area contributed by atoms with Crippen LogP contribution in [0, 0.1) is 6.92 Å². The number of anilines is 1. The number of amides is 5. The number of carboxylic acids is 1. The number of aryl methyl sites for hydroxylation is 1. The predicted octanol–water partition coefficient (Wildman–Crippen LogP) is 1.63. The number of carbonyl (C=O) groups is 6. The maximum atomic E-state index is 13.6. The fraction of sp³-hybridized carbons (Fsp3) is 0.382. The van der Waals surface area contributed by atoms with Gasteiger partial charge in [-0.15, -0.1) is 0 Å². The van der Waals surface area contributed by atoms with Crippen molar-refractivity contribution in [3.63, 3.8) is 0 Å². The first kappa shape index (κ1) is 35.3. The average molecular weight is 662 g/mol. The van der Waals surface area contributed by atoms with Crippen molar-refractivity contribution in [2.45, 2.75) is 77.0 Å². The number of rotatable bonds is 13. The Bertz CT molecular complexity index is 1760. The number of benzene rings is 2. The molecular weight excluding hydrogens is 622 g/mol. The molecule has 1 aliphatic rings. The van der Waals surface area contributed by atoms with Crippen molar-refractivity contribution in [3.05, 3.63) is 76.1 Å². The lowest BCUT2D eigenvalue weighted by Gasteiger charge is -2.29. The zero-order valence-electron chi connectivity index (χ0n) is 26.9. The molecule has 4 rings (SSSR count). The van der Waals surface area contributed by atoms with Gasteiger partial charge >= 0.3 is 11.6 Å². The van der Waals surface area contributed by atoms with Crippen LogP contribution in [-0.2, 0) is 35.2 Å². The zero-order valence-corrected chi connectivity index (χ0v) is 26.9. The molecule has 5 amide bonds. The Labute approximate surface area is 276 Å². The van der Waals surface area contributed by atoms with E-state index in [2.05, 4.69) is 21.3 Å². The van der Waals surface area contributed by atoms with Crippen molar-refractivity contribution in [1.82, 2.24) is 20.9 Å². The van der Waals surface area contributed by atoms with Crippen molar-refractivity contribution in [2.24, 2.45) is 0 Å². The molecule has 0 unspecified atom stereocenters. The molecule has 48 heavy (non-hydrogen) atoms. The van der Waals surface area contributed by atoms with E-state index in [1.54, 1.807) is 25.1 Å². The van der Waals surface area contributed by atoms with Crippen LogP contribution in [0.3, 0.4) is 0 Å². The van der Waals surface area contributed by atoms with E-state index in [0.717, 1.165) is 11.1 Å². The van der Waals surface area contributed by atoms with Crippen LogP contribution in [0.5, 0.6) is 0 Å². The molecule has 2 aromatic carbocycles. The third kappa shape index (κ3) is 9.27. The Morgan fingerprint density at radius 1 is 0.917 bits per heavy atom. The highest BCUT2D eigenvalue weighted by Gasteiger charge is 2.38. The van der Waals surface area contributed by atoms with Crippen LogP contribution in [0.15, 0.2) is 63.8 Å². The lowest BCUT2D eigenvalue weighted by molar-refractivity contribution is -0.142.